The van der Waals surface area contributed by atoms with Gasteiger partial charge in [-0.15, -0.1) is 0 Å². The summed E-state index contributed by atoms with van der Waals surface area (Å²) >= 11 is 6.71. The second-order valence-electron chi connectivity index (χ2n) is 9.39. The minimum atomic E-state index is -0.323. The van der Waals surface area contributed by atoms with Crippen molar-refractivity contribution in [3.8, 4) is 11.8 Å². The maximum atomic E-state index is 11.3. The first-order valence-corrected chi connectivity index (χ1v) is 12.7. The SMILES string of the molecule is C/C=C/C1=CC(Nc2cc(N3CCN(CC(N)=O)CC3)nc(Oc3ccc4c(c3Cl)C=C(C)C4)n2)=NC1. The van der Waals surface area contributed by atoms with E-state index < -0.39 is 0 Å². The van der Waals surface area contributed by atoms with Gasteiger partial charge in [0.2, 0.25) is 5.91 Å². The van der Waals surface area contributed by atoms with Crippen LogP contribution in [0.15, 0.2) is 52.6 Å². The Labute approximate surface area is 221 Å². The number of carbonyl (C=O) groups excluding carboxylic acids is 1. The number of primary amides is 1. The number of halogens is 1. The number of ether oxygens (including phenoxy) is 1. The highest BCUT2D eigenvalue weighted by molar-refractivity contribution is 6.33. The van der Waals surface area contributed by atoms with Crippen molar-refractivity contribution >= 4 is 41.1 Å². The molecule has 0 unspecified atom stereocenters. The maximum Gasteiger partial charge on any atom is 0.325 e. The second-order valence-corrected chi connectivity index (χ2v) is 9.77. The van der Waals surface area contributed by atoms with Gasteiger partial charge in [0.1, 0.15) is 23.2 Å². The number of carbonyl (C=O) groups is 1. The van der Waals surface area contributed by atoms with Gasteiger partial charge >= 0.3 is 6.01 Å². The number of hydrogen-bond acceptors (Lipinski definition) is 8. The third kappa shape index (κ3) is 5.84. The number of amidine groups is 1. The average molecular weight is 520 g/mol. The molecule has 2 aliphatic heterocycles. The Kier molecular flexibility index (Phi) is 7.25. The van der Waals surface area contributed by atoms with E-state index in [1.165, 1.54) is 11.1 Å². The van der Waals surface area contributed by atoms with Crippen molar-refractivity contribution < 1.29 is 9.53 Å². The monoisotopic (exact) mass is 519 g/mol. The van der Waals surface area contributed by atoms with Gasteiger partial charge in [-0.2, -0.15) is 9.97 Å². The highest BCUT2D eigenvalue weighted by atomic mass is 35.5. The number of aromatic nitrogens is 2. The van der Waals surface area contributed by atoms with Gasteiger partial charge in [0.15, 0.2) is 0 Å². The zero-order chi connectivity index (χ0) is 25.9. The van der Waals surface area contributed by atoms with Gasteiger partial charge in [-0.1, -0.05) is 41.5 Å². The molecule has 0 saturated carbocycles. The van der Waals surface area contributed by atoms with Gasteiger partial charge in [-0.3, -0.25) is 14.7 Å². The lowest BCUT2D eigenvalue weighted by atomic mass is 10.1. The first-order valence-electron chi connectivity index (χ1n) is 12.3. The number of nitrogens with zero attached hydrogens (tertiary/aromatic N) is 5. The number of anilines is 2. The molecule has 2 aromatic rings. The normalized spacial score (nSPS) is 17.5. The predicted molar refractivity (Wildman–Crippen MR) is 148 cm³/mol. The third-order valence-corrected chi connectivity index (χ3v) is 6.84. The summed E-state index contributed by atoms with van der Waals surface area (Å²) in [4.78, 5) is 29.4. The Hall–Kier alpha value is -3.69. The van der Waals surface area contributed by atoms with Gasteiger partial charge in [-0.25, -0.2) is 0 Å². The van der Waals surface area contributed by atoms with E-state index in [0.29, 0.717) is 49.3 Å². The van der Waals surface area contributed by atoms with Crippen LogP contribution in [0, 0.1) is 0 Å². The molecule has 3 heterocycles. The summed E-state index contributed by atoms with van der Waals surface area (Å²) in [5, 5.41) is 3.85. The largest absolute Gasteiger partial charge is 0.423 e. The number of piperazine rings is 1. The summed E-state index contributed by atoms with van der Waals surface area (Å²) in [6.07, 6.45) is 9.01. The summed E-state index contributed by atoms with van der Waals surface area (Å²) in [6.45, 7) is 7.74. The van der Waals surface area contributed by atoms with E-state index in [0.717, 1.165) is 29.2 Å². The number of nitrogens with two attached hydrogens (primary N) is 1. The van der Waals surface area contributed by atoms with Gasteiger partial charge in [0, 0.05) is 37.8 Å². The van der Waals surface area contributed by atoms with Crippen LogP contribution in [0.25, 0.3) is 6.08 Å². The number of benzene rings is 1. The smallest absolute Gasteiger partial charge is 0.325 e. The van der Waals surface area contributed by atoms with Crippen molar-refractivity contribution in [2.75, 3.05) is 49.5 Å². The first-order chi connectivity index (χ1) is 17.9. The van der Waals surface area contributed by atoms with Crippen LogP contribution in [-0.2, 0) is 11.2 Å². The summed E-state index contributed by atoms with van der Waals surface area (Å²) in [5.74, 6) is 2.21. The lowest BCUT2D eigenvalue weighted by Gasteiger charge is -2.34. The van der Waals surface area contributed by atoms with Crippen molar-refractivity contribution in [3.05, 3.63) is 63.7 Å². The number of allylic oxidation sites excluding steroid dienone is 2. The molecular weight excluding hydrogens is 490 g/mol. The van der Waals surface area contributed by atoms with Crippen molar-refractivity contribution in [1.29, 1.82) is 0 Å². The minimum absolute atomic E-state index is 0.191. The lowest BCUT2D eigenvalue weighted by Crippen LogP contribution is -2.49. The second kappa shape index (κ2) is 10.7. The molecule has 37 heavy (non-hydrogen) atoms. The molecule has 1 amide bonds. The van der Waals surface area contributed by atoms with Crippen LogP contribution in [-0.4, -0.2) is 65.9 Å². The average Bonchev–Trinajstić information content (AvgIpc) is 3.47. The van der Waals surface area contributed by atoms with Crippen LogP contribution in [0.5, 0.6) is 11.8 Å². The molecule has 5 rings (SSSR count). The number of nitrogens with one attached hydrogen (secondary N) is 1. The molecule has 1 fully saturated rings. The number of fused-ring (bicyclic) bond motifs is 1. The van der Waals surface area contributed by atoms with Gasteiger partial charge in [0.25, 0.3) is 0 Å². The first kappa shape index (κ1) is 25.0. The summed E-state index contributed by atoms with van der Waals surface area (Å²) in [7, 11) is 0. The summed E-state index contributed by atoms with van der Waals surface area (Å²) in [5.41, 5.74) is 9.92. The van der Waals surface area contributed by atoms with Gasteiger partial charge in [-0.05, 0) is 43.5 Å². The molecule has 0 radical (unpaired) electrons. The van der Waals surface area contributed by atoms with E-state index >= 15 is 0 Å². The molecule has 0 bridgehead atoms. The van der Waals surface area contributed by atoms with Crippen LogP contribution in [0.1, 0.15) is 25.0 Å². The molecule has 0 spiro atoms. The van der Waals surface area contributed by atoms with Gasteiger partial charge in [0.05, 0.1) is 18.1 Å². The van der Waals surface area contributed by atoms with E-state index in [-0.39, 0.29) is 18.5 Å². The standard InChI is InChI=1S/C27H30ClN7O2/c1-3-4-18-13-23(30-15-18)31-24-14-25(35-9-7-34(8-10-35)16-22(29)36)33-27(32-24)37-21-6-5-19-11-17(2)12-20(19)26(21)28/h3-6,12-14H,7-11,15-16H2,1-2H3,(H2,29,36)(H,30,31,32,33)/b4-3+. The number of rotatable bonds is 7. The van der Waals surface area contributed by atoms with Crippen LogP contribution in [0.2, 0.25) is 5.02 Å². The topological polar surface area (TPSA) is 109 Å². The van der Waals surface area contributed by atoms with Crippen molar-refractivity contribution in [1.82, 2.24) is 14.9 Å². The van der Waals surface area contributed by atoms with E-state index in [1.807, 2.05) is 48.3 Å². The number of hydrogen-bond donors (Lipinski definition) is 2. The molecule has 3 N–H and O–H groups in total. The van der Waals surface area contributed by atoms with Crippen LogP contribution in [0.4, 0.5) is 11.6 Å². The quantitative estimate of drug-likeness (QED) is 0.572. The Morgan fingerprint density at radius 2 is 2.03 bits per heavy atom. The highest BCUT2D eigenvalue weighted by Crippen LogP contribution is 2.38. The summed E-state index contributed by atoms with van der Waals surface area (Å²) < 4.78 is 6.15. The van der Waals surface area contributed by atoms with E-state index in [1.54, 1.807) is 0 Å². The Morgan fingerprint density at radius 3 is 2.78 bits per heavy atom. The summed E-state index contributed by atoms with van der Waals surface area (Å²) in [6, 6.07) is 5.98. The fraction of sp³-hybridized carbons (Fsp3) is 0.333. The van der Waals surface area contributed by atoms with Crippen molar-refractivity contribution in [2.24, 2.45) is 10.7 Å². The number of amides is 1. The zero-order valence-corrected chi connectivity index (χ0v) is 21.8. The Balaban J connectivity index is 1.41. The highest BCUT2D eigenvalue weighted by Gasteiger charge is 2.22. The molecule has 3 aliphatic rings. The molecule has 1 saturated heterocycles. The van der Waals surface area contributed by atoms with Crippen LogP contribution >= 0.6 is 11.6 Å². The molecular formula is C27H30ClN7O2. The van der Waals surface area contributed by atoms with Crippen LogP contribution < -0.4 is 20.7 Å². The fourth-order valence-electron chi connectivity index (χ4n) is 4.70. The predicted octanol–water partition coefficient (Wildman–Crippen LogP) is 3.82. The van der Waals surface area contributed by atoms with E-state index in [4.69, 9.17) is 27.1 Å². The molecule has 0 atom stereocenters. The fourth-order valence-corrected chi connectivity index (χ4v) is 4.98. The maximum absolute atomic E-state index is 11.3. The van der Waals surface area contributed by atoms with Crippen molar-refractivity contribution in [3.63, 3.8) is 0 Å². The zero-order valence-electron chi connectivity index (χ0n) is 21.0. The van der Waals surface area contributed by atoms with E-state index in [2.05, 4.69) is 33.2 Å². The molecule has 1 aliphatic carbocycles. The lowest BCUT2D eigenvalue weighted by molar-refractivity contribution is -0.119. The number of aliphatic imine (C=N–C) groups is 1. The van der Waals surface area contributed by atoms with Crippen molar-refractivity contribution in [2.45, 2.75) is 20.3 Å². The molecule has 10 heteroatoms. The Morgan fingerprint density at radius 1 is 1.22 bits per heavy atom. The Bertz CT molecular complexity index is 1340. The van der Waals surface area contributed by atoms with Crippen LogP contribution in [0.3, 0.4) is 0 Å². The molecule has 1 aromatic carbocycles. The minimum Gasteiger partial charge on any atom is -0.423 e. The van der Waals surface area contributed by atoms with Gasteiger partial charge < -0.3 is 20.7 Å². The molecule has 192 valence electrons. The molecule has 9 nitrogen and oxygen atoms in total. The molecule has 1 aromatic heterocycles. The van der Waals surface area contributed by atoms with E-state index in [9.17, 15) is 4.79 Å². The third-order valence-electron chi connectivity index (χ3n) is 6.45.